The third-order valence-electron chi connectivity index (χ3n) is 2.47. The lowest BCUT2D eigenvalue weighted by Crippen LogP contribution is -2.41. The van der Waals surface area contributed by atoms with E-state index in [-0.39, 0.29) is 24.0 Å². The lowest BCUT2D eigenvalue weighted by atomic mass is 10.1. The van der Waals surface area contributed by atoms with Crippen LogP contribution in [0.25, 0.3) is 0 Å². The summed E-state index contributed by atoms with van der Waals surface area (Å²) >= 11 is 0. The molecule has 0 amide bonds. The fourth-order valence-corrected chi connectivity index (χ4v) is 1.14. The highest BCUT2D eigenvalue weighted by Gasteiger charge is 2.37. The van der Waals surface area contributed by atoms with Gasteiger partial charge in [0.2, 0.25) is 0 Å². The second kappa shape index (κ2) is 7.81. The Labute approximate surface area is 118 Å². The zero-order chi connectivity index (χ0) is 15.9. The molecule has 0 spiro atoms. The molecule has 0 saturated carbocycles. The summed E-state index contributed by atoms with van der Waals surface area (Å²) in [6.45, 7) is 11.3. The van der Waals surface area contributed by atoms with Crippen molar-refractivity contribution in [2.75, 3.05) is 0 Å². The van der Waals surface area contributed by atoms with Gasteiger partial charge in [-0.05, 0) is 26.7 Å². The van der Waals surface area contributed by atoms with E-state index in [2.05, 4.69) is 13.2 Å². The van der Waals surface area contributed by atoms with Gasteiger partial charge in [0.1, 0.15) is 0 Å². The Morgan fingerprint density at radius 3 is 1.85 bits per heavy atom. The summed E-state index contributed by atoms with van der Waals surface area (Å²) in [4.78, 5) is 22.9. The molecule has 0 aliphatic heterocycles. The van der Waals surface area contributed by atoms with Crippen LogP contribution in [0.2, 0.25) is 0 Å². The summed E-state index contributed by atoms with van der Waals surface area (Å²) in [6.07, 6.45) is -0.396. The van der Waals surface area contributed by atoms with Crippen molar-refractivity contribution in [3.63, 3.8) is 0 Å². The number of hydrogen-bond acceptors (Lipinski definition) is 6. The van der Waals surface area contributed by atoms with Crippen LogP contribution in [0.4, 0.5) is 0 Å². The zero-order valence-corrected chi connectivity index (χ0v) is 12.1. The molecule has 114 valence electrons. The van der Waals surface area contributed by atoms with Crippen LogP contribution in [-0.2, 0) is 19.1 Å². The van der Waals surface area contributed by atoms with E-state index in [0.717, 1.165) is 0 Å². The van der Waals surface area contributed by atoms with Crippen LogP contribution in [0.15, 0.2) is 24.3 Å². The van der Waals surface area contributed by atoms with Crippen molar-refractivity contribution < 1.29 is 29.3 Å². The molecule has 0 fully saturated rings. The maximum absolute atomic E-state index is 11.5. The zero-order valence-electron chi connectivity index (χ0n) is 12.1. The van der Waals surface area contributed by atoms with Crippen LogP contribution in [0.1, 0.15) is 40.0 Å². The molecule has 20 heavy (non-hydrogen) atoms. The van der Waals surface area contributed by atoms with Gasteiger partial charge in [0.05, 0.1) is 12.5 Å². The van der Waals surface area contributed by atoms with Gasteiger partial charge in [-0.15, -0.1) is 0 Å². The van der Waals surface area contributed by atoms with E-state index >= 15 is 0 Å². The first-order chi connectivity index (χ1) is 9.11. The molecule has 0 saturated heterocycles. The summed E-state index contributed by atoms with van der Waals surface area (Å²) in [5.74, 6) is -4.23. The Hall–Kier alpha value is -1.66. The lowest BCUT2D eigenvalue weighted by molar-refractivity contribution is -0.326. The Morgan fingerprint density at radius 1 is 1.15 bits per heavy atom. The van der Waals surface area contributed by atoms with Gasteiger partial charge >= 0.3 is 17.9 Å². The first-order valence-corrected chi connectivity index (χ1v) is 6.29. The molecule has 0 heterocycles. The van der Waals surface area contributed by atoms with Gasteiger partial charge in [-0.2, -0.15) is 0 Å². The molecular weight excluding hydrogens is 264 g/mol. The number of rotatable bonds is 8. The first kappa shape index (κ1) is 18.3. The smallest absolute Gasteiger partial charge is 0.373 e. The molecule has 1 unspecified atom stereocenters. The van der Waals surface area contributed by atoms with Gasteiger partial charge in [-0.25, -0.2) is 9.59 Å². The van der Waals surface area contributed by atoms with Gasteiger partial charge in [-0.3, -0.25) is 0 Å². The molecule has 0 bridgehead atoms. The standard InChI is InChI=1S/C14H22O6/c1-6-11(15)7-8-14(18,19-12(16)9(2)3)20-13(17)10(4)5/h11,15,18H,2,4,6-8H2,1,3,5H3. The molecule has 0 aromatic rings. The average Bonchev–Trinajstić information content (AvgIpc) is 2.35. The normalized spacial score (nSPS) is 12.4. The van der Waals surface area contributed by atoms with Gasteiger partial charge in [0.15, 0.2) is 0 Å². The first-order valence-electron chi connectivity index (χ1n) is 6.29. The third-order valence-corrected chi connectivity index (χ3v) is 2.47. The molecule has 0 aliphatic rings. The molecule has 2 N–H and O–H groups in total. The Bertz CT molecular complexity index is 370. The van der Waals surface area contributed by atoms with Gasteiger partial charge < -0.3 is 19.7 Å². The topological polar surface area (TPSA) is 93.1 Å². The fraction of sp³-hybridized carbons (Fsp3) is 0.571. The highest BCUT2D eigenvalue weighted by atomic mass is 16.8. The van der Waals surface area contributed by atoms with Crippen molar-refractivity contribution in [2.45, 2.75) is 52.1 Å². The van der Waals surface area contributed by atoms with Crippen LogP contribution in [0.3, 0.4) is 0 Å². The lowest BCUT2D eigenvalue weighted by Gasteiger charge is -2.27. The Morgan fingerprint density at radius 2 is 1.55 bits per heavy atom. The summed E-state index contributed by atoms with van der Waals surface area (Å²) in [5.41, 5.74) is 0.0941. The fourth-order valence-electron chi connectivity index (χ4n) is 1.14. The molecular formula is C14H22O6. The Kier molecular flexibility index (Phi) is 7.17. The molecule has 0 rings (SSSR count). The number of aliphatic hydroxyl groups is 2. The molecule has 0 aromatic heterocycles. The van der Waals surface area contributed by atoms with E-state index in [1.54, 1.807) is 6.92 Å². The number of aliphatic hydroxyl groups excluding tert-OH is 1. The summed E-state index contributed by atoms with van der Waals surface area (Å²) in [5, 5.41) is 19.6. The van der Waals surface area contributed by atoms with E-state index < -0.39 is 24.0 Å². The van der Waals surface area contributed by atoms with Crippen molar-refractivity contribution in [1.82, 2.24) is 0 Å². The van der Waals surface area contributed by atoms with E-state index in [1.165, 1.54) is 13.8 Å². The molecule has 6 nitrogen and oxygen atoms in total. The van der Waals surface area contributed by atoms with Crippen LogP contribution < -0.4 is 0 Å². The minimum absolute atomic E-state index is 0.0471. The maximum Gasteiger partial charge on any atom is 0.373 e. The molecule has 6 heteroatoms. The molecule has 0 aliphatic carbocycles. The van der Waals surface area contributed by atoms with Crippen molar-refractivity contribution in [2.24, 2.45) is 0 Å². The summed E-state index contributed by atoms with van der Waals surface area (Å²) < 4.78 is 9.47. The molecule has 0 aromatic carbocycles. The van der Waals surface area contributed by atoms with Gasteiger partial charge in [0, 0.05) is 11.1 Å². The maximum atomic E-state index is 11.5. The minimum atomic E-state index is -2.44. The van der Waals surface area contributed by atoms with E-state index in [0.29, 0.717) is 6.42 Å². The average molecular weight is 286 g/mol. The van der Waals surface area contributed by atoms with Crippen LogP contribution in [0, 0.1) is 0 Å². The quantitative estimate of drug-likeness (QED) is 0.398. The second-order valence-corrected chi connectivity index (χ2v) is 4.65. The SMILES string of the molecule is C=C(C)C(=O)OC(O)(CCC(O)CC)OC(=O)C(=C)C. The van der Waals surface area contributed by atoms with E-state index in [1.807, 2.05) is 0 Å². The number of hydrogen-bond donors (Lipinski definition) is 2. The monoisotopic (exact) mass is 286 g/mol. The minimum Gasteiger partial charge on any atom is -0.395 e. The predicted molar refractivity (Wildman–Crippen MR) is 72.3 cm³/mol. The van der Waals surface area contributed by atoms with E-state index in [4.69, 9.17) is 9.47 Å². The second-order valence-electron chi connectivity index (χ2n) is 4.65. The number of ether oxygens (including phenoxy) is 2. The highest BCUT2D eigenvalue weighted by Crippen LogP contribution is 2.21. The van der Waals surface area contributed by atoms with Crippen molar-refractivity contribution in [3.8, 4) is 0 Å². The largest absolute Gasteiger partial charge is 0.395 e. The van der Waals surface area contributed by atoms with Crippen molar-refractivity contribution in [1.29, 1.82) is 0 Å². The van der Waals surface area contributed by atoms with Gasteiger partial charge in [-0.1, -0.05) is 20.1 Å². The molecule has 1 atom stereocenters. The van der Waals surface area contributed by atoms with Crippen molar-refractivity contribution >= 4 is 11.9 Å². The van der Waals surface area contributed by atoms with Gasteiger partial charge in [0.25, 0.3) is 0 Å². The van der Waals surface area contributed by atoms with Crippen LogP contribution in [0.5, 0.6) is 0 Å². The highest BCUT2D eigenvalue weighted by molar-refractivity contribution is 5.88. The van der Waals surface area contributed by atoms with E-state index in [9.17, 15) is 19.8 Å². The van der Waals surface area contributed by atoms with Crippen LogP contribution >= 0.6 is 0 Å². The summed E-state index contributed by atoms with van der Waals surface area (Å²) in [7, 11) is 0. The number of esters is 2. The number of carbonyl (C=O) groups is 2. The Balaban J connectivity index is 4.91. The number of carbonyl (C=O) groups excluding carboxylic acids is 2. The van der Waals surface area contributed by atoms with Crippen LogP contribution in [-0.4, -0.2) is 34.2 Å². The third kappa shape index (κ3) is 6.49. The predicted octanol–water partition coefficient (Wildman–Crippen LogP) is 1.42. The summed E-state index contributed by atoms with van der Waals surface area (Å²) in [6, 6.07) is 0. The molecule has 0 radical (unpaired) electrons. The van der Waals surface area contributed by atoms with Crippen molar-refractivity contribution in [3.05, 3.63) is 24.3 Å².